The van der Waals surface area contributed by atoms with E-state index in [1.165, 1.54) is 29.6 Å². The van der Waals surface area contributed by atoms with E-state index in [1.807, 2.05) is 34.9 Å². The summed E-state index contributed by atoms with van der Waals surface area (Å²) in [7, 11) is 1.51. The highest BCUT2D eigenvalue weighted by Crippen LogP contribution is 2.39. The summed E-state index contributed by atoms with van der Waals surface area (Å²) in [5.74, 6) is 0.992. The highest BCUT2D eigenvalue weighted by Gasteiger charge is 2.26. The van der Waals surface area contributed by atoms with Gasteiger partial charge in [-0.2, -0.15) is 0 Å². The minimum absolute atomic E-state index is 0.0180. The molecule has 0 bridgehead atoms. The Morgan fingerprint density at radius 1 is 1.11 bits per heavy atom. The third kappa shape index (κ3) is 4.97. The second-order valence-electron chi connectivity index (χ2n) is 10.00. The lowest BCUT2D eigenvalue weighted by Gasteiger charge is -2.36. The van der Waals surface area contributed by atoms with Gasteiger partial charge in [-0.05, 0) is 49.1 Å². The Labute approximate surface area is 227 Å². The molecular formula is C30H33FN4O2S. The number of carbonyl (C=O) groups excluding carboxylic acids is 1. The Bertz CT molecular complexity index is 1490. The molecule has 1 aromatic carbocycles. The number of piperazine rings is 1. The number of benzene rings is 1. The van der Waals surface area contributed by atoms with Gasteiger partial charge in [0.2, 0.25) is 0 Å². The molecule has 0 radical (unpaired) electrons. The van der Waals surface area contributed by atoms with E-state index < -0.39 is 5.82 Å². The van der Waals surface area contributed by atoms with Crippen LogP contribution in [-0.4, -0.2) is 54.1 Å². The number of amides is 1. The summed E-state index contributed by atoms with van der Waals surface area (Å²) in [5.41, 5.74) is 4.88. The monoisotopic (exact) mass is 532 g/mol. The van der Waals surface area contributed by atoms with Gasteiger partial charge in [0.1, 0.15) is 5.82 Å². The zero-order valence-corrected chi connectivity index (χ0v) is 23.4. The van der Waals surface area contributed by atoms with Gasteiger partial charge in [0.25, 0.3) is 5.91 Å². The van der Waals surface area contributed by atoms with Gasteiger partial charge in [0.15, 0.2) is 11.6 Å². The predicted molar refractivity (Wildman–Crippen MR) is 152 cm³/mol. The number of hydrogen-bond donors (Lipinski definition) is 0. The van der Waals surface area contributed by atoms with Gasteiger partial charge in [-0.25, -0.2) is 9.37 Å². The van der Waals surface area contributed by atoms with Crippen molar-refractivity contribution in [3.63, 3.8) is 0 Å². The van der Waals surface area contributed by atoms with Crippen LogP contribution in [0, 0.1) is 12.7 Å². The largest absolute Gasteiger partial charge is 0.493 e. The summed E-state index contributed by atoms with van der Waals surface area (Å²) >= 11 is 1.76. The second kappa shape index (κ2) is 10.7. The van der Waals surface area contributed by atoms with Gasteiger partial charge >= 0.3 is 0 Å². The molecule has 38 heavy (non-hydrogen) atoms. The molecule has 8 heteroatoms. The number of nitrogens with zero attached hydrogens (tertiary/aromatic N) is 4. The first kappa shape index (κ1) is 26.1. The lowest BCUT2D eigenvalue weighted by molar-refractivity contribution is 0.0746. The van der Waals surface area contributed by atoms with E-state index in [0.717, 1.165) is 33.6 Å². The Morgan fingerprint density at radius 3 is 2.55 bits per heavy atom. The van der Waals surface area contributed by atoms with E-state index in [-0.39, 0.29) is 5.91 Å². The van der Waals surface area contributed by atoms with Crippen LogP contribution in [0.1, 0.15) is 53.3 Å². The van der Waals surface area contributed by atoms with Crippen LogP contribution in [0.4, 0.5) is 10.2 Å². The molecule has 0 saturated carbocycles. The van der Waals surface area contributed by atoms with Gasteiger partial charge in [-0.3, -0.25) is 9.78 Å². The summed E-state index contributed by atoms with van der Waals surface area (Å²) in [5, 5.41) is 1.18. The van der Waals surface area contributed by atoms with Crippen molar-refractivity contribution < 1.29 is 13.9 Å². The summed E-state index contributed by atoms with van der Waals surface area (Å²) in [6.45, 7) is 10.8. The molecular weight excluding hydrogens is 499 g/mol. The molecule has 4 aromatic rings. The molecule has 1 fully saturated rings. The van der Waals surface area contributed by atoms with Crippen LogP contribution in [0.25, 0.3) is 21.2 Å². The predicted octanol–water partition coefficient (Wildman–Crippen LogP) is 6.46. The van der Waals surface area contributed by atoms with Gasteiger partial charge in [-0.1, -0.05) is 26.8 Å². The molecule has 1 amide bonds. The van der Waals surface area contributed by atoms with E-state index in [1.54, 1.807) is 11.3 Å². The number of ether oxygens (including phenoxy) is 1. The van der Waals surface area contributed by atoms with E-state index in [4.69, 9.17) is 9.72 Å². The topological polar surface area (TPSA) is 58.6 Å². The van der Waals surface area contributed by atoms with E-state index in [0.29, 0.717) is 49.2 Å². The van der Waals surface area contributed by atoms with Crippen LogP contribution in [0.15, 0.2) is 42.6 Å². The van der Waals surface area contributed by atoms with Crippen molar-refractivity contribution in [3.8, 4) is 16.9 Å². The maximum atomic E-state index is 13.8. The van der Waals surface area contributed by atoms with Gasteiger partial charge in [0.05, 0.1) is 13.3 Å². The summed E-state index contributed by atoms with van der Waals surface area (Å²) in [6, 6.07) is 11.9. The van der Waals surface area contributed by atoms with Crippen molar-refractivity contribution in [3.05, 3.63) is 70.2 Å². The molecule has 3 aromatic heterocycles. The third-order valence-corrected chi connectivity index (χ3v) is 8.48. The zero-order valence-electron chi connectivity index (χ0n) is 22.5. The number of anilines is 1. The van der Waals surface area contributed by atoms with Crippen LogP contribution in [0.3, 0.4) is 0 Å². The quantitative estimate of drug-likeness (QED) is 0.285. The highest BCUT2D eigenvalue weighted by molar-refractivity contribution is 7.19. The molecule has 1 aliphatic heterocycles. The lowest BCUT2D eigenvalue weighted by Crippen LogP contribution is -2.49. The normalized spacial score (nSPS) is 14.0. The van der Waals surface area contributed by atoms with Crippen molar-refractivity contribution in [1.29, 1.82) is 0 Å². The molecule has 1 aliphatic rings. The first-order valence-electron chi connectivity index (χ1n) is 13.1. The molecule has 0 aliphatic carbocycles. The molecule has 1 saturated heterocycles. The van der Waals surface area contributed by atoms with Crippen LogP contribution in [0.2, 0.25) is 0 Å². The van der Waals surface area contributed by atoms with Gasteiger partial charge < -0.3 is 14.5 Å². The minimum Gasteiger partial charge on any atom is -0.493 e. The maximum Gasteiger partial charge on any atom is 0.254 e. The number of rotatable bonds is 6. The zero-order chi connectivity index (χ0) is 27.0. The van der Waals surface area contributed by atoms with Gasteiger partial charge in [0, 0.05) is 69.7 Å². The van der Waals surface area contributed by atoms with Crippen molar-refractivity contribution in [1.82, 2.24) is 14.9 Å². The first-order valence-corrected chi connectivity index (χ1v) is 13.9. The fourth-order valence-corrected chi connectivity index (χ4v) is 6.15. The second-order valence-corrected chi connectivity index (χ2v) is 11.1. The summed E-state index contributed by atoms with van der Waals surface area (Å²) in [6.07, 6.45) is 2.02. The Morgan fingerprint density at radius 2 is 1.87 bits per heavy atom. The van der Waals surface area contributed by atoms with Crippen molar-refractivity contribution in [2.45, 2.75) is 40.0 Å². The van der Waals surface area contributed by atoms with Crippen molar-refractivity contribution >= 4 is 33.1 Å². The average molecular weight is 533 g/mol. The molecule has 0 N–H and O–H groups in total. The average Bonchev–Trinajstić information content (AvgIpc) is 3.37. The fraction of sp³-hybridized carbons (Fsp3) is 0.367. The molecule has 0 unspecified atom stereocenters. The summed E-state index contributed by atoms with van der Waals surface area (Å²) < 4.78 is 20.1. The lowest BCUT2D eigenvalue weighted by atomic mass is 9.95. The fourth-order valence-electron chi connectivity index (χ4n) is 5.02. The van der Waals surface area contributed by atoms with Crippen LogP contribution in [0.5, 0.6) is 5.75 Å². The molecule has 6 nitrogen and oxygen atoms in total. The number of pyridine rings is 2. The van der Waals surface area contributed by atoms with Crippen LogP contribution < -0.4 is 9.64 Å². The Hall–Kier alpha value is -3.52. The van der Waals surface area contributed by atoms with E-state index >= 15 is 0 Å². The maximum absolute atomic E-state index is 13.8. The molecule has 0 spiro atoms. The van der Waals surface area contributed by atoms with Crippen LogP contribution >= 0.6 is 11.3 Å². The van der Waals surface area contributed by atoms with Crippen molar-refractivity contribution in [2.75, 3.05) is 38.2 Å². The number of halogens is 1. The van der Waals surface area contributed by atoms with Crippen molar-refractivity contribution in [2.24, 2.45) is 0 Å². The molecule has 198 valence electrons. The van der Waals surface area contributed by atoms with E-state index in [2.05, 4.69) is 37.9 Å². The van der Waals surface area contributed by atoms with Crippen LogP contribution in [-0.2, 0) is 6.42 Å². The molecule has 5 rings (SSSR count). The molecule has 4 heterocycles. The number of aromatic nitrogens is 2. The number of aryl methyl sites for hydroxylation is 2. The Kier molecular flexibility index (Phi) is 7.34. The first-order chi connectivity index (χ1) is 18.3. The number of fused-ring (bicyclic) bond motifs is 1. The minimum atomic E-state index is -0.435. The highest BCUT2D eigenvalue weighted by atomic mass is 32.1. The number of thiophene rings is 1. The van der Waals surface area contributed by atoms with E-state index in [9.17, 15) is 9.18 Å². The summed E-state index contributed by atoms with van der Waals surface area (Å²) in [4.78, 5) is 28.1. The number of hydrogen-bond acceptors (Lipinski definition) is 6. The number of methoxy groups -OCH3 is 1. The Balaban J connectivity index is 1.47. The smallest absolute Gasteiger partial charge is 0.254 e. The molecule has 0 atom stereocenters. The van der Waals surface area contributed by atoms with Gasteiger partial charge in [-0.15, -0.1) is 11.3 Å². The number of carbonyl (C=O) groups is 1. The standard InChI is InChI=1S/C30H33FN4O2S/c1-6-25-22(8-7-19(4)33-25)23-13-20(14-28-24(23)16-27(38-28)18(2)3)30(36)35-11-9-34(10-12-35)29-26(37-5)15-21(31)17-32-29/h7-8,13-18H,6,9-12H2,1-5H3. The third-order valence-electron chi connectivity index (χ3n) is 7.10. The SMILES string of the molecule is CCc1nc(C)ccc1-c1cc(C(=O)N2CCN(c3ncc(F)cc3OC)CC2)cc2sc(C(C)C)cc12.